The van der Waals surface area contributed by atoms with E-state index in [-0.39, 0.29) is 5.78 Å². The summed E-state index contributed by atoms with van der Waals surface area (Å²) in [5.74, 6) is 0.123. The number of carbonyl (C=O) groups excluding carboxylic acids is 1. The van der Waals surface area contributed by atoms with Gasteiger partial charge < -0.3 is 0 Å². The van der Waals surface area contributed by atoms with Crippen LogP contribution in [-0.2, 0) is 0 Å². The van der Waals surface area contributed by atoms with E-state index in [1.165, 1.54) is 5.56 Å². The summed E-state index contributed by atoms with van der Waals surface area (Å²) in [6.07, 6.45) is 0. The molecule has 0 saturated heterocycles. The highest BCUT2D eigenvalue weighted by Gasteiger charge is 2.31. The Hall–Kier alpha value is -2.93. The van der Waals surface area contributed by atoms with Gasteiger partial charge in [0, 0.05) is 16.7 Å². The van der Waals surface area contributed by atoms with Gasteiger partial charge in [-0.05, 0) is 41.7 Å². The lowest BCUT2D eigenvalue weighted by Crippen LogP contribution is -2.00. The second kappa shape index (κ2) is 5.61. The summed E-state index contributed by atoms with van der Waals surface area (Å²) in [6.45, 7) is 4.16. The predicted molar refractivity (Wildman–Crippen MR) is 99.0 cm³/mol. The van der Waals surface area contributed by atoms with E-state index in [1.54, 1.807) is 0 Å². The molecule has 0 saturated carbocycles. The number of rotatable bonds is 2. The van der Waals surface area contributed by atoms with E-state index in [1.807, 2.05) is 48.5 Å². The summed E-state index contributed by atoms with van der Waals surface area (Å²) in [7, 11) is 0. The standard InChI is InChI=1S/C23H18O/c1-15-9-3-5-11-17(15)21-19-13-7-8-14-20(19)23(24)22(21)18-12-6-4-10-16(18)2/h3-14H,1-2H3. The molecule has 116 valence electrons. The SMILES string of the molecule is Cc1ccccc1C1=C(c2ccccc2C)c2ccccc2C1=O. The molecule has 0 radical (unpaired) electrons. The molecule has 0 heterocycles. The zero-order valence-corrected chi connectivity index (χ0v) is 13.8. The van der Waals surface area contributed by atoms with Gasteiger partial charge in [-0.3, -0.25) is 4.79 Å². The van der Waals surface area contributed by atoms with Gasteiger partial charge in [0.1, 0.15) is 0 Å². The van der Waals surface area contributed by atoms with Crippen LogP contribution in [0.2, 0.25) is 0 Å². The fourth-order valence-corrected chi connectivity index (χ4v) is 3.53. The summed E-state index contributed by atoms with van der Waals surface area (Å²) in [6, 6.07) is 24.3. The Balaban J connectivity index is 2.10. The molecule has 1 heteroatoms. The molecule has 0 bridgehead atoms. The highest BCUT2D eigenvalue weighted by Crippen LogP contribution is 2.43. The molecule has 0 aromatic heterocycles. The quantitative estimate of drug-likeness (QED) is 0.614. The molecule has 0 spiro atoms. The van der Waals surface area contributed by atoms with Crippen molar-refractivity contribution in [3.63, 3.8) is 0 Å². The number of fused-ring (bicyclic) bond motifs is 1. The van der Waals surface area contributed by atoms with Gasteiger partial charge in [0.15, 0.2) is 5.78 Å². The lowest BCUT2D eigenvalue weighted by molar-refractivity contribution is 0.105. The van der Waals surface area contributed by atoms with E-state index >= 15 is 0 Å². The van der Waals surface area contributed by atoms with Gasteiger partial charge in [0.25, 0.3) is 0 Å². The van der Waals surface area contributed by atoms with Crippen LogP contribution in [-0.4, -0.2) is 5.78 Å². The third kappa shape index (κ3) is 2.13. The number of hydrogen-bond donors (Lipinski definition) is 0. The van der Waals surface area contributed by atoms with Crippen molar-refractivity contribution in [2.75, 3.05) is 0 Å². The number of Topliss-reactive ketones (excluding diaryl/α,β-unsaturated/α-hetero) is 1. The van der Waals surface area contributed by atoms with Crippen LogP contribution < -0.4 is 0 Å². The summed E-state index contributed by atoms with van der Waals surface area (Å²) in [5.41, 5.74) is 8.18. The molecule has 0 atom stereocenters. The summed E-state index contributed by atoms with van der Waals surface area (Å²) in [4.78, 5) is 13.2. The molecule has 3 aromatic carbocycles. The van der Waals surface area contributed by atoms with Crippen LogP contribution in [0.4, 0.5) is 0 Å². The Bertz CT molecular complexity index is 992. The number of hydrogen-bond acceptors (Lipinski definition) is 1. The molecule has 0 fully saturated rings. The Morgan fingerprint density at radius 1 is 0.500 bits per heavy atom. The maximum Gasteiger partial charge on any atom is 0.194 e. The average molecular weight is 310 g/mol. The third-order valence-corrected chi connectivity index (χ3v) is 4.75. The maximum atomic E-state index is 13.2. The molecule has 1 aliphatic rings. The first-order chi connectivity index (χ1) is 11.7. The van der Waals surface area contributed by atoms with Crippen LogP contribution in [0.5, 0.6) is 0 Å². The number of ketones is 1. The minimum atomic E-state index is 0.123. The molecule has 4 rings (SSSR count). The lowest BCUT2D eigenvalue weighted by Gasteiger charge is -2.12. The Morgan fingerprint density at radius 2 is 0.917 bits per heavy atom. The van der Waals surface area contributed by atoms with E-state index in [2.05, 4.69) is 38.1 Å². The molecule has 1 aliphatic carbocycles. The monoisotopic (exact) mass is 310 g/mol. The van der Waals surface area contributed by atoms with Gasteiger partial charge in [-0.25, -0.2) is 0 Å². The molecular formula is C23H18O. The number of carbonyl (C=O) groups is 1. The first-order valence-corrected chi connectivity index (χ1v) is 8.19. The Labute approximate surface area is 142 Å². The third-order valence-electron chi connectivity index (χ3n) is 4.75. The van der Waals surface area contributed by atoms with Gasteiger partial charge in [-0.2, -0.15) is 0 Å². The normalized spacial score (nSPS) is 13.3. The fourth-order valence-electron chi connectivity index (χ4n) is 3.53. The minimum Gasteiger partial charge on any atom is -0.289 e. The van der Waals surface area contributed by atoms with E-state index in [9.17, 15) is 4.79 Å². The summed E-state index contributed by atoms with van der Waals surface area (Å²) < 4.78 is 0. The van der Waals surface area contributed by atoms with Gasteiger partial charge >= 0.3 is 0 Å². The van der Waals surface area contributed by atoms with Crippen molar-refractivity contribution in [1.29, 1.82) is 0 Å². The number of benzene rings is 3. The minimum absolute atomic E-state index is 0.123. The van der Waals surface area contributed by atoms with Gasteiger partial charge in [-0.15, -0.1) is 0 Å². The first-order valence-electron chi connectivity index (χ1n) is 8.19. The van der Waals surface area contributed by atoms with Crippen LogP contribution in [0.3, 0.4) is 0 Å². The van der Waals surface area contributed by atoms with Gasteiger partial charge in [0.05, 0.1) is 0 Å². The average Bonchev–Trinajstić information content (AvgIpc) is 2.89. The van der Waals surface area contributed by atoms with Crippen LogP contribution in [0.15, 0.2) is 72.8 Å². The fraction of sp³-hybridized carbons (Fsp3) is 0.0870. The van der Waals surface area contributed by atoms with Crippen LogP contribution >= 0.6 is 0 Å². The van der Waals surface area contributed by atoms with Crippen LogP contribution in [0.1, 0.15) is 38.2 Å². The second-order valence-electron chi connectivity index (χ2n) is 6.25. The van der Waals surface area contributed by atoms with Gasteiger partial charge in [-0.1, -0.05) is 72.8 Å². The predicted octanol–water partition coefficient (Wildman–Crippen LogP) is 5.46. The second-order valence-corrected chi connectivity index (χ2v) is 6.25. The van der Waals surface area contributed by atoms with Crippen molar-refractivity contribution in [3.05, 3.63) is 106 Å². The highest BCUT2D eigenvalue weighted by molar-refractivity contribution is 6.41. The van der Waals surface area contributed by atoms with Crippen molar-refractivity contribution in [3.8, 4) is 0 Å². The molecule has 1 nitrogen and oxygen atoms in total. The van der Waals surface area contributed by atoms with Crippen LogP contribution in [0, 0.1) is 13.8 Å². The topological polar surface area (TPSA) is 17.1 Å². The smallest absolute Gasteiger partial charge is 0.194 e. The van der Waals surface area contributed by atoms with E-state index in [0.29, 0.717) is 0 Å². The molecule has 24 heavy (non-hydrogen) atoms. The van der Waals surface area contributed by atoms with Crippen LogP contribution in [0.25, 0.3) is 11.1 Å². The Kier molecular flexibility index (Phi) is 3.42. The highest BCUT2D eigenvalue weighted by atomic mass is 16.1. The summed E-state index contributed by atoms with van der Waals surface area (Å²) >= 11 is 0. The van der Waals surface area contributed by atoms with Gasteiger partial charge in [0.2, 0.25) is 0 Å². The van der Waals surface area contributed by atoms with Crippen molar-refractivity contribution >= 4 is 16.9 Å². The largest absolute Gasteiger partial charge is 0.289 e. The van der Waals surface area contributed by atoms with Crippen molar-refractivity contribution in [2.45, 2.75) is 13.8 Å². The van der Waals surface area contributed by atoms with E-state index in [0.717, 1.165) is 39.0 Å². The first kappa shape index (κ1) is 14.6. The lowest BCUT2D eigenvalue weighted by atomic mass is 9.90. The zero-order valence-electron chi connectivity index (χ0n) is 13.8. The van der Waals surface area contributed by atoms with E-state index in [4.69, 9.17) is 0 Å². The van der Waals surface area contributed by atoms with E-state index < -0.39 is 0 Å². The molecule has 0 aliphatic heterocycles. The maximum absolute atomic E-state index is 13.2. The van der Waals surface area contributed by atoms with Crippen molar-refractivity contribution < 1.29 is 4.79 Å². The molecule has 0 unspecified atom stereocenters. The number of allylic oxidation sites excluding steroid dienone is 1. The zero-order chi connectivity index (χ0) is 16.7. The molecule has 3 aromatic rings. The van der Waals surface area contributed by atoms with Crippen molar-refractivity contribution in [2.24, 2.45) is 0 Å². The molecule has 0 amide bonds. The van der Waals surface area contributed by atoms with Crippen molar-refractivity contribution in [1.82, 2.24) is 0 Å². The summed E-state index contributed by atoms with van der Waals surface area (Å²) in [5, 5.41) is 0. The number of aryl methyl sites for hydroxylation is 2. The Morgan fingerprint density at radius 3 is 1.46 bits per heavy atom. The molecule has 0 N–H and O–H groups in total. The molecular weight excluding hydrogens is 292 g/mol.